The first-order valence-electron chi connectivity index (χ1n) is 3.39. The minimum Gasteiger partial charge on any atom is -0.325 e. The van der Waals surface area contributed by atoms with Crippen molar-refractivity contribution in [1.29, 1.82) is 0 Å². The van der Waals surface area contributed by atoms with Gasteiger partial charge in [0.2, 0.25) is 0 Å². The zero-order chi connectivity index (χ0) is 7.68. The Morgan fingerprint density at radius 2 is 2.36 bits per heavy atom. The van der Waals surface area contributed by atoms with E-state index in [9.17, 15) is 0 Å². The highest BCUT2D eigenvalue weighted by Gasteiger charge is 1.96. The van der Waals surface area contributed by atoms with Gasteiger partial charge in [0.1, 0.15) is 0 Å². The van der Waals surface area contributed by atoms with E-state index in [0.29, 0.717) is 6.54 Å². The molecule has 0 saturated carbocycles. The van der Waals surface area contributed by atoms with Gasteiger partial charge < -0.3 is 5.73 Å². The fraction of sp³-hybridized carbons (Fsp3) is 0.143. The predicted octanol–water partition coefficient (Wildman–Crippen LogP) is 0.417. The van der Waals surface area contributed by atoms with E-state index in [0.717, 1.165) is 16.7 Å². The first-order valence-corrected chi connectivity index (χ1v) is 3.39. The van der Waals surface area contributed by atoms with E-state index < -0.39 is 0 Å². The number of H-pyrrole nitrogens is 1. The zero-order valence-corrected chi connectivity index (χ0v) is 5.91. The Bertz CT molecular complexity index is 365. The topological polar surface area (TPSA) is 67.6 Å². The van der Waals surface area contributed by atoms with Gasteiger partial charge in [0.05, 0.1) is 11.9 Å². The van der Waals surface area contributed by atoms with Crippen molar-refractivity contribution < 1.29 is 0 Å². The Morgan fingerprint density at radius 1 is 1.45 bits per heavy atom. The number of hydrogen-bond donors (Lipinski definition) is 2. The third-order valence-corrected chi connectivity index (χ3v) is 1.57. The van der Waals surface area contributed by atoms with Crippen molar-refractivity contribution in [3.8, 4) is 0 Å². The van der Waals surface area contributed by atoms with Gasteiger partial charge in [-0.3, -0.25) is 5.10 Å². The molecule has 4 heteroatoms. The molecule has 3 N–H and O–H groups in total. The molecule has 0 atom stereocenters. The molecule has 0 fully saturated rings. The van der Waals surface area contributed by atoms with Gasteiger partial charge in [-0.2, -0.15) is 5.10 Å². The molecule has 2 aromatic heterocycles. The van der Waals surface area contributed by atoms with Crippen LogP contribution >= 0.6 is 0 Å². The number of nitrogens with zero attached hydrogens (tertiary/aromatic N) is 2. The van der Waals surface area contributed by atoms with Crippen LogP contribution in [0.5, 0.6) is 0 Å². The lowest BCUT2D eigenvalue weighted by Crippen LogP contribution is -1.98. The average Bonchev–Trinajstić information content (AvgIpc) is 2.50. The first kappa shape index (κ1) is 6.30. The summed E-state index contributed by atoms with van der Waals surface area (Å²) in [6.07, 6.45) is 1.74. The Labute approximate surface area is 63.4 Å². The number of aromatic amines is 1. The summed E-state index contributed by atoms with van der Waals surface area (Å²) in [5.74, 6) is 0. The van der Waals surface area contributed by atoms with Crippen LogP contribution in [0.4, 0.5) is 0 Å². The number of pyridine rings is 1. The van der Waals surface area contributed by atoms with Crippen molar-refractivity contribution in [2.75, 3.05) is 0 Å². The Morgan fingerprint density at radius 3 is 3.18 bits per heavy atom. The largest absolute Gasteiger partial charge is 0.325 e. The minimum absolute atomic E-state index is 0.467. The van der Waals surface area contributed by atoms with E-state index in [1.54, 1.807) is 6.20 Å². The zero-order valence-electron chi connectivity index (χ0n) is 5.91. The second kappa shape index (κ2) is 2.32. The van der Waals surface area contributed by atoms with Gasteiger partial charge >= 0.3 is 0 Å². The summed E-state index contributed by atoms with van der Waals surface area (Å²) in [7, 11) is 0. The number of nitrogens with two attached hydrogens (primary N) is 1. The van der Waals surface area contributed by atoms with Crippen LogP contribution < -0.4 is 5.73 Å². The molecule has 2 heterocycles. The highest BCUT2D eigenvalue weighted by Crippen LogP contribution is 2.07. The molecule has 0 bridgehead atoms. The van der Waals surface area contributed by atoms with E-state index in [-0.39, 0.29) is 0 Å². The third-order valence-electron chi connectivity index (χ3n) is 1.57. The van der Waals surface area contributed by atoms with Crippen molar-refractivity contribution in [3.63, 3.8) is 0 Å². The summed E-state index contributed by atoms with van der Waals surface area (Å²) < 4.78 is 0. The molecule has 2 rings (SSSR count). The quantitative estimate of drug-likeness (QED) is 0.615. The molecule has 0 aromatic carbocycles. The third kappa shape index (κ3) is 0.969. The standard InChI is InChI=1S/C7H8N4/c8-3-6-2-1-5-4-9-11-7(5)10-6/h1-2,4H,3,8H2,(H,9,10,11). The highest BCUT2D eigenvalue weighted by molar-refractivity contribution is 5.73. The van der Waals surface area contributed by atoms with Crippen molar-refractivity contribution in [2.45, 2.75) is 6.54 Å². The van der Waals surface area contributed by atoms with Crippen LogP contribution in [0.25, 0.3) is 11.0 Å². The summed E-state index contributed by atoms with van der Waals surface area (Å²) in [6, 6.07) is 3.85. The van der Waals surface area contributed by atoms with E-state index in [4.69, 9.17) is 5.73 Å². The molecule has 11 heavy (non-hydrogen) atoms. The molecule has 0 aliphatic rings. The van der Waals surface area contributed by atoms with E-state index in [1.807, 2.05) is 12.1 Å². The maximum absolute atomic E-state index is 5.41. The van der Waals surface area contributed by atoms with Crippen molar-refractivity contribution in [1.82, 2.24) is 15.2 Å². The molecule has 56 valence electrons. The van der Waals surface area contributed by atoms with Crippen molar-refractivity contribution >= 4 is 11.0 Å². The van der Waals surface area contributed by atoms with Crippen LogP contribution in [-0.4, -0.2) is 15.2 Å². The SMILES string of the molecule is NCc1ccc2cn[nH]c2n1. The number of hydrogen-bond acceptors (Lipinski definition) is 3. The predicted molar refractivity (Wildman–Crippen MR) is 41.8 cm³/mol. The fourth-order valence-corrected chi connectivity index (χ4v) is 0.981. The van der Waals surface area contributed by atoms with Crippen molar-refractivity contribution in [2.24, 2.45) is 5.73 Å². The lowest BCUT2D eigenvalue weighted by atomic mass is 10.3. The molecule has 0 aliphatic heterocycles. The Hall–Kier alpha value is -1.42. The second-order valence-corrected chi connectivity index (χ2v) is 2.31. The normalized spacial score (nSPS) is 10.6. The maximum Gasteiger partial charge on any atom is 0.155 e. The number of nitrogens with one attached hydrogen (secondary N) is 1. The fourth-order valence-electron chi connectivity index (χ4n) is 0.981. The van der Waals surface area contributed by atoms with E-state index in [2.05, 4.69) is 15.2 Å². The summed E-state index contributed by atoms with van der Waals surface area (Å²) in [5.41, 5.74) is 7.09. The van der Waals surface area contributed by atoms with Crippen LogP contribution in [0.2, 0.25) is 0 Å². The smallest absolute Gasteiger partial charge is 0.155 e. The van der Waals surface area contributed by atoms with Crippen LogP contribution in [0, 0.1) is 0 Å². The first-order chi connectivity index (χ1) is 5.40. The molecule has 2 aromatic rings. The molecular weight excluding hydrogens is 140 g/mol. The van der Waals surface area contributed by atoms with Crippen LogP contribution in [-0.2, 0) is 6.54 Å². The summed E-state index contributed by atoms with van der Waals surface area (Å²) in [5, 5.41) is 7.64. The van der Waals surface area contributed by atoms with Gasteiger partial charge in [0, 0.05) is 11.9 Å². The van der Waals surface area contributed by atoms with E-state index >= 15 is 0 Å². The summed E-state index contributed by atoms with van der Waals surface area (Å²) in [4.78, 5) is 4.21. The van der Waals surface area contributed by atoms with E-state index in [1.165, 1.54) is 0 Å². The molecular formula is C7H8N4. The summed E-state index contributed by atoms with van der Waals surface area (Å²) in [6.45, 7) is 0.467. The molecule has 0 spiro atoms. The molecule has 4 nitrogen and oxygen atoms in total. The number of aromatic nitrogens is 3. The van der Waals surface area contributed by atoms with Gasteiger partial charge in [-0.15, -0.1) is 0 Å². The molecule has 0 radical (unpaired) electrons. The number of rotatable bonds is 1. The highest BCUT2D eigenvalue weighted by atomic mass is 15.1. The van der Waals surface area contributed by atoms with Gasteiger partial charge in [-0.1, -0.05) is 0 Å². The Balaban J connectivity index is 2.67. The molecule has 0 unspecified atom stereocenters. The second-order valence-electron chi connectivity index (χ2n) is 2.31. The monoisotopic (exact) mass is 148 g/mol. The number of fused-ring (bicyclic) bond motifs is 1. The van der Waals surface area contributed by atoms with Crippen LogP contribution in [0.15, 0.2) is 18.3 Å². The molecule has 0 aliphatic carbocycles. The van der Waals surface area contributed by atoms with Crippen LogP contribution in [0.1, 0.15) is 5.69 Å². The van der Waals surface area contributed by atoms with Gasteiger partial charge in [-0.05, 0) is 12.1 Å². The van der Waals surface area contributed by atoms with Gasteiger partial charge in [0.15, 0.2) is 5.65 Å². The maximum atomic E-state index is 5.41. The van der Waals surface area contributed by atoms with Gasteiger partial charge in [-0.25, -0.2) is 4.98 Å². The minimum atomic E-state index is 0.467. The van der Waals surface area contributed by atoms with Crippen LogP contribution in [0.3, 0.4) is 0 Å². The Kier molecular flexibility index (Phi) is 1.33. The molecule has 0 saturated heterocycles. The summed E-state index contributed by atoms with van der Waals surface area (Å²) >= 11 is 0. The molecule has 0 amide bonds. The van der Waals surface area contributed by atoms with Gasteiger partial charge in [0.25, 0.3) is 0 Å². The average molecular weight is 148 g/mol. The van der Waals surface area contributed by atoms with Crippen molar-refractivity contribution in [3.05, 3.63) is 24.0 Å². The lowest BCUT2D eigenvalue weighted by Gasteiger charge is -1.93. The lowest BCUT2D eigenvalue weighted by molar-refractivity contribution is 0.992.